The quantitative estimate of drug-likeness (QED) is 0.679. The van der Waals surface area contributed by atoms with Crippen LogP contribution in [0.1, 0.15) is 0 Å². The number of anilines is 1. The second-order valence-electron chi connectivity index (χ2n) is 2.40. The maximum Gasteiger partial charge on any atom is 0.241 e. The molecule has 1 rings (SSSR count). The number of nitrogens with two attached hydrogens (primary N) is 1. The van der Waals surface area contributed by atoms with Gasteiger partial charge in [-0.15, -0.1) is 0 Å². The summed E-state index contributed by atoms with van der Waals surface area (Å²) < 4.78 is 24.6. The molecule has 6 nitrogen and oxygen atoms in total. The molecule has 0 atom stereocenters. The van der Waals surface area contributed by atoms with Gasteiger partial charge in [0, 0.05) is 12.4 Å². The van der Waals surface area contributed by atoms with E-state index >= 15 is 0 Å². The summed E-state index contributed by atoms with van der Waals surface area (Å²) in [5.74, 6) is -0.413. The molecule has 0 aliphatic carbocycles. The van der Waals surface area contributed by atoms with Crippen molar-refractivity contribution in [3.8, 4) is 0 Å². The molecule has 14 heavy (non-hydrogen) atoms. The average Bonchev–Trinajstić information content (AvgIpc) is 2.02. The molecule has 3 N–H and O–H groups in total. The molecule has 0 amide bonds. The topological polar surface area (TPSA) is 98.0 Å². The van der Waals surface area contributed by atoms with Gasteiger partial charge in [0.25, 0.3) is 0 Å². The van der Waals surface area contributed by atoms with Crippen molar-refractivity contribution in [1.82, 2.24) is 9.97 Å². The van der Waals surface area contributed by atoms with Crippen molar-refractivity contribution in [2.45, 2.75) is 0 Å². The van der Waals surface area contributed by atoms with E-state index in [1.165, 1.54) is 12.4 Å². The van der Waals surface area contributed by atoms with E-state index in [0.717, 1.165) is 0 Å². The summed E-state index contributed by atoms with van der Waals surface area (Å²) in [5, 5.41) is 0. The average molecular weight is 232 g/mol. The van der Waals surface area contributed by atoms with Gasteiger partial charge in [-0.25, -0.2) is 18.4 Å². The maximum absolute atomic E-state index is 11.3. The molecule has 0 aromatic carbocycles. The summed E-state index contributed by atoms with van der Waals surface area (Å²) >= 11 is 4.48. The molecule has 0 bridgehead atoms. The van der Waals surface area contributed by atoms with Crippen LogP contribution >= 0.6 is 12.2 Å². The van der Waals surface area contributed by atoms with Gasteiger partial charge in [0.05, 0.1) is 4.99 Å². The van der Waals surface area contributed by atoms with E-state index in [9.17, 15) is 8.42 Å². The number of thiocarbonyl (C=S) groups is 1. The predicted octanol–water partition coefficient (Wildman–Crippen LogP) is -0.496. The first-order valence-electron chi connectivity index (χ1n) is 3.55. The Hall–Kier alpha value is -1.28. The molecular weight excluding hydrogens is 224 g/mol. The lowest BCUT2D eigenvalue weighted by Crippen LogP contribution is -2.27. The molecule has 0 aliphatic rings. The minimum atomic E-state index is -3.58. The first-order chi connectivity index (χ1) is 6.49. The summed E-state index contributed by atoms with van der Waals surface area (Å²) in [4.78, 5) is 7.27. The van der Waals surface area contributed by atoms with Crippen molar-refractivity contribution in [3.05, 3.63) is 18.5 Å². The molecule has 0 fully saturated rings. The minimum absolute atomic E-state index is 0.00347. The first kappa shape index (κ1) is 10.8. The third-order valence-electron chi connectivity index (χ3n) is 1.14. The van der Waals surface area contributed by atoms with Gasteiger partial charge >= 0.3 is 0 Å². The van der Waals surface area contributed by atoms with E-state index < -0.39 is 15.8 Å². The SMILES string of the molecule is NC(=S)CS(=O)(=O)Nc1ncccn1. The minimum Gasteiger partial charge on any atom is -0.392 e. The lowest BCUT2D eigenvalue weighted by Gasteiger charge is -2.03. The molecule has 8 heteroatoms. The van der Waals surface area contributed by atoms with Gasteiger partial charge in [-0.2, -0.15) is 0 Å². The van der Waals surface area contributed by atoms with Crippen molar-refractivity contribution in [2.75, 3.05) is 10.5 Å². The zero-order valence-electron chi connectivity index (χ0n) is 7.04. The lowest BCUT2D eigenvalue weighted by molar-refractivity contribution is 0.604. The fourth-order valence-electron chi connectivity index (χ4n) is 0.714. The van der Waals surface area contributed by atoms with E-state index in [1.54, 1.807) is 6.07 Å². The lowest BCUT2D eigenvalue weighted by atomic mass is 10.7. The van der Waals surface area contributed by atoms with Crippen LogP contribution in [-0.2, 0) is 10.0 Å². The molecule has 0 spiro atoms. The van der Waals surface area contributed by atoms with Gasteiger partial charge < -0.3 is 5.73 Å². The number of nitrogens with one attached hydrogen (secondary N) is 1. The Bertz CT molecular complexity index is 417. The molecule has 0 aliphatic heterocycles. The summed E-state index contributed by atoms with van der Waals surface area (Å²) in [6, 6.07) is 1.57. The van der Waals surface area contributed by atoms with Crippen LogP contribution < -0.4 is 10.5 Å². The standard InChI is InChI=1S/C6H8N4O2S2/c7-5(13)4-14(11,12)10-6-8-2-1-3-9-6/h1-3H,4H2,(H2,7,13)(H,8,9,10). The normalized spacial score (nSPS) is 10.9. The Morgan fingerprint density at radius 2 is 2.07 bits per heavy atom. The van der Waals surface area contributed by atoms with Crippen molar-refractivity contribution < 1.29 is 8.42 Å². The zero-order chi connectivity index (χ0) is 10.6. The van der Waals surface area contributed by atoms with Gasteiger partial charge in [-0.3, -0.25) is 4.72 Å². The van der Waals surface area contributed by atoms with Crippen molar-refractivity contribution >= 4 is 33.2 Å². The van der Waals surface area contributed by atoms with Crippen LogP contribution in [0.3, 0.4) is 0 Å². The van der Waals surface area contributed by atoms with Crippen LogP contribution in [0, 0.1) is 0 Å². The van der Waals surface area contributed by atoms with Crippen molar-refractivity contribution in [3.63, 3.8) is 0 Å². The van der Waals surface area contributed by atoms with Crippen LogP contribution in [0.25, 0.3) is 0 Å². The second kappa shape index (κ2) is 4.29. The highest BCUT2D eigenvalue weighted by Crippen LogP contribution is 1.98. The second-order valence-corrected chi connectivity index (χ2v) is 4.65. The van der Waals surface area contributed by atoms with Gasteiger partial charge in [0.2, 0.25) is 16.0 Å². The molecule has 1 aromatic heterocycles. The van der Waals surface area contributed by atoms with Crippen LogP contribution in [0.4, 0.5) is 5.95 Å². The number of hydrogen-bond donors (Lipinski definition) is 2. The Morgan fingerprint density at radius 1 is 1.50 bits per heavy atom. The van der Waals surface area contributed by atoms with E-state index in [1.807, 2.05) is 0 Å². The number of hydrogen-bond acceptors (Lipinski definition) is 5. The highest BCUT2D eigenvalue weighted by atomic mass is 32.2. The van der Waals surface area contributed by atoms with Gasteiger partial charge in [-0.1, -0.05) is 12.2 Å². The van der Waals surface area contributed by atoms with Gasteiger partial charge in [-0.05, 0) is 6.07 Å². The van der Waals surface area contributed by atoms with E-state index in [0.29, 0.717) is 0 Å². The Kier molecular flexibility index (Phi) is 3.31. The van der Waals surface area contributed by atoms with E-state index in [2.05, 4.69) is 26.9 Å². The fourth-order valence-corrected chi connectivity index (χ4v) is 2.01. The van der Waals surface area contributed by atoms with Crippen LogP contribution in [0.2, 0.25) is 0 Å². The summed E-state index contributed by atoms with van der Waals surface area (Å²) in [6.07, 6.45) is 2.84. The largest absolute Gasteiger partial charge is 0.392 e. The molecule has 0 unspecified atom stereocenters. The summed E-state index contributed by atoms with van der Waals surface area (Å²) in [5.41, 5.74) is 5.10. The maximum atomic E-state index is 11.3. The van der Waals surface area contributed by atoms with Gasteiger partial charge in [0.15, 0.2) is 0 Å². The van der Waals surface area contributed by atoms with Crippen molar-refractivity contribution in [1.29, 1.82) is 0 Å². The molecule has 1 heterocycles. The first-order valence-corrected chi connectivity index (χ1v) is 5.61. The Morgan fingerprint density at radius 3 is 2.57 bits per heavy atom. The summed E-state index contributed by atoms with van der Waals surface area (Å²) in [6.45, 7) is 0. The molecule has 0 radical (unpaired) electrons. The monoisotopic (exact) mass is 232 g/mol. The number of rotatable bonds is 4. The Balaban J connectivity index is 2.74. The number of nitrogens with zero attached hydrogens (tertiary/aromatic N) is 2. The van der Waals surface area contributed by atoms with Crippen LogP contribution in [0.15, 0.2) is 18.5 Å². The number of aromatic nitrogens is 2. The number of sulfonamides is 1. The zero-order valence-corrected chi connectivity index (χ0v) is 8.68. The molecule has 0 saturated heterocycles. The molecule has 76 valence electrons. The highest BCUT2D eigenvalue weighted by Gasteiger charge is 2.12. The fraction of sp³-hybridized carbons (Fsp3) is 0.167. The third kappa shape index (κ3) is 3.62. The summed E-state index contributed by atoms with van der Waals surface area (Å²) in [7, 11) is -3.58. The van der Waals surface area contributed by atoms with E-state index in [-0.39, 0.29) is 10.9 Å². The van der Waals surface area contributed by atoms with Crippen molar-refractivity contribution in [2.24, 2.45) is 5.73 Å². The smallest absolute Gasteiger partial charge is 0.241 e. The predicted molar refractivity (Wildman–Crippen MR) is 56.2 cm³/mol. The van der Waals surface area contributed by atoms with Gasteiger partial charge in [0.1, 0.15) is 5.75 Å². The molecular formula is C6H8N4O2S2. The molecule has 1 aromatic rings. The third-order valence-corrected chi connectivity index (χ3v) is 2.66. The van der Waals surface area contributed by atoms with Crippen LogP contribution in [-0.4, -0.2) is 29.1 Å². The van der Waals surface area contributed by atoms with E-state index in [4.69, 9.17) is 5.73 Å². The van der Waals surface area contributed by atoms with Crippen LogP contribution in [0.5, 0.6) is 0 Å². The highest BCUT2D eigenvalue weighted by molar-refractivity contribution is 7.95. The molecule has 0 saturated carbocycles. The Labute approximate surface area is 86.6 Å².